The minimum Gasteiger partial charge on any atom is -0.446 e. The quantitative estimate of drug-likeness (QED) is 0.724. The predicted octanol–water partition coefficient (Wildman–Crippen LogP) is 4.74. The molecule has 2 heterocycles. The van der Waals surface area contributed by atoms with Crippen molar-refractivity contribution < 1.29 is 9.53 Å². The zero-order valence-electron chi connectivity index (χ0n) is 15.1. The number of hydrogen-bond donors (Lipinski definition) is 1. The smallest absolute Gasteiger partial charge is 0.205 e. The van der Waals surface area contributed by atoms with Crippen molar-refractivity contribution in [1.29, 1.82) is 10.7 Å². The minimum absolute atomic E-state index is 0.0365. The van der Waals surface area contributed by atoms with Gasteiger partial charge < -0.3 is 4.74 Å². The SMILES string of the molecule is Cc1cc(C)c2nc(Cl)c(C3C4=C(CCCC4=O)OC(=N)C3C#N)cc2c1. The topological polar surface area (TPSA) is 86.8 Å². The number of halogens is 1. The van der Waals surface area contributed by atoms with Gasteiger partial charge in [-0.25, -0.2) is 4.98 Å². The number of fused-ring (bicyclic) bond motifs is 1. The molecular formula is C21H18ClN3O2. The van der Waals surface area contributed by atoms with Crippen molar-refractivity contribution in [2.24, 2.45) is 5.92 Å². The number of carbonyl (C=O) groups excluding carboxylic acids is 1. The number of nitrogens with zero attached hydrogens (tertiary/aromatic N) is 2. The highest BCUT2D eigenvalue weighted by Crippen LogP contribution is 2.45. The van der Waals surface area contributed by atoms with Gasteiger partial charge in [0.2, 0.25) is 5.90 Å². The first-order valence-corrected chi connectivity index (χ1v) is 9.28. The summed E-state index contributed by atoms with van der Waals surface area (Å²) in [7, 11) is 0. The third kappa shape index (κ3) is 2.81. The van der Waals surface area contributed by atoms with E-state index < -0.39 is 11.8 Å². The maximum absolute atomic E-state index is 12.7. The number of ketones is 1. The van der Waals surface area contributed by atoms with E-state index in [1.54, 1.807) is 0 Å². The first kappa shape index (κ1) is 17.7. The van der Waals surface area contributed by atoms with E-state index >= 15 is 0 Å². The van der Waals surface area contributed by atoms with Gasteiger partial charge >= 0.3 is 0 Å². The van der Waals surface area contributed by atoms with Crippen LogP contribution in [0.4, 0.5) is 0 Å². The molecule has 2 unspecified atom stereocenters. The average molecular weight is 380 g/mol. The second-order valence-electron chi connectivity index (χ2n) is 7.19. The zero-order chi connectivity index (χ0) is 19.3. The standard InChI is InChI=1S/C21H18ClN3O2/c1-10-6-11(2)19-12(7-10)8-13(20(22)25-19)17-14(9-23)21(24)27-16-5-3-4-15(26)18(16)17/h6-8,14,17,24H,3-5H2,1-2H3. The summed E-state index contributed by atoms with van der Waals surface area (Å²) in [6.45, 7) is 3.99. The van der Waals surface area contributed by atoms with Crippen LogP contribution in [0.5, 0.6) is 0 Å². The number of Topliss-reactive ketones (excluding diaryl/α,β-unsaturated/α-hetero) is 1. The van der Waals surface area contributed by atoms with Gasteiger partial charge in [0, 0.05) is 29.7 Å². The molecule has 2 aliphatic rings. The first-order chi connectivity index (χ1) is 12.9. The Labute approximate surface area is 162 Å². The van der Waals surface area contributed by atoms with Crippen molar-refractivity contribution in [2.75, 3.05) is 0 Å². The van der Waals surface area contributed by atoms with E-state index in [0.29, 0.717) is 36.2 Å². The van der Waals surface area contributed by atoms with Gasteiger partial charge in [-0.3, -0.25) is 10.2 Å². The molecular weight excluding hydrogens is 362 g/mol. The highest BCUT2D eigenvalue weighted by molar-refractivity contribution is 6.31. The lowest BCUT2D eigenvalue weighted by Gasteiger charge is -2.34. The fourth-order valence-electron chi connectivity index (χ4n) is 4.13. The Morgan fingerprint density at radius 3 is 2.81 bits per heavy atom. The Balaban J connectivity index is 1.99. The van der Waals surface area contributed by atoms with Crippen LogP contribution in [0, 0.1) is 36.5 Å². The zero-order valence-corrected chi connectivity index (χ0v) is 15.9. The molecule has 0 fully saturated rings. The highest BCUT2D eigenvalue weighted by Gasteiger charge is 2.43. The Bertz CT molecular complexity index is 1080. The number of nitriles is 1. The number of aromatic nitrogens is 1. The average Bonchev–Trinajstić information content (AvgIpc) is 2.61. The van der Waals surface area contributed by atoms with Crippen molar-refractivity contribution in [3.63, 3.8) is 0 Å². The summed E-state index contributed by atoms with van der Waals surface area (Å²) < 4.78 is 5.54. The van der Waals surface area contributed by atoms with Gasteiger partial charge in [-0.15, -0.1) is 0 Å². The third-order valence-electron chi connectivity index (χ3n) is 5.28. The van der Waals surface area contributed by atoms with Gasteiger partial charge in [-0.05, 0) is 43.5 Å². The summed E-state index contributed by atoms with van der Waals surface area (Å²) >= 11 is 6.53. The molecule has 1 aliphatic heterocycles. The molecule has 6 heteroatoms. The van der Waals surface area contributed by atoms with E-state index in [1.165, 1.54) is 0 Å². The van der Waals surface area contributed by atoms with E-state index in [1.807, 2.05) is 32.0 Å². The molecule has 136 valence electrons. The van der Waals surface area contributed by atoms with Gasteiger partial charge in [0.15, 0.2) is 5.78 Å². The summed E-state index contributed by atoms with van der Waals surface area (Å²) in [5, 5.41) is 19.0. The molecule has 0 saturated carbocycles. The van der Waals surface area contributed by atoms with Crippen molar-refractivity contribution in [3.8, 4) is 6.07 Å². The number of hydrogen-bond acceptors (Lipinski definition) is 5. The molecule has 1 aliphatic carbocycles. The summed E-state index contributed by atoms with van der Waals surface area (Å²) in [6.07, 6.45) is 1.70. The van der Waals surface area contributed by atoms with Crippen LogP contribution < -0.4 is 0 Å². The minimum atomic E-state index is -0.895. The Morgan fingerprint density at radius 2 is 2.07 bits per heavy atom. The number of rotatable bonds is 1. The second kappa shape index (κ2) is 6.47. The Kier molecular flexibility index (Phi) is 4.24. The molecule has 1 aromatic carbocycles. The number of pyridine rings is 1. The second-order valence-corrected chi connectivity index (χ2v) is 7.54. The molecule has 2 atom stereocenters. The van der Waals surface area contributed by atoms with Crippen molar-refractivity contribution in [1.82, 2.24) is 4.98 Å². The van der Waals surface area contributed by atoms with Crippen LogP contribution in [-0.2, 0) is 9.53 Å². The summed E-state index contributed by atoms with van der Waals surface area (Å²) in [5.41, 5.74) is 4.01. The number of benzene rings is 1. The monoisotopic (exact) mass is 379 g/mol. The molecule has 0 bridgehead atoms. The van der Waals surface area contributed by atoms with Gasteiger partial charge in [0.05, 0.1) is 11.6 Å². The van der Waals surface area contributed by atoms with Crippen LogP contribution >= 0.6 is 11.6 Å². The molecule has 1 aromatic heterocycles. The van der Waals surface area contributed by atoms with Gasteiger partial charge in [-0.1, -0.05) is 23.2 Å². The summed E-state index contributed by atoms with van der Waals surface area (Å²) in [6, 6.07) is 8.09. The number of ether oxygens (including phenoxy) is 1. The molecule has 1 N–H and O–H groups in total. The largest absolute Gasteiger partial charge is 0.446 e. The lowest BCUT2D eigenvalue weighted by atomic mass is 9.74. The van der Waals surface area contributed by atoms with Gasteiger partial charge in [0.25, 0.3) is 0 Å². The van der Waals surface area contributed by atoms with Gasteiger partial charge in [0.1, 0.15) is 16.8 Å². The van der Waals surface area contributed by atoms with E-state index in [4.69, 9.17) is 21.7 Å². The molecule has 4 rings (SSSR count). The normalized spacial score (nSPS) is 22.4. The predicted molar refractivity (Wildman–Crippen MR) is 103 cm³/mol. The number of aryl methyl sites for hydroxylation is 2. The van der Waals surface area contributed by atoms with Gasteiger partial charge in [-0.2, -0.15) is 5.26 Å². The van der Waals surface area contributed by atoms with E-state index in [0.717, 1.165) is 22.0 Å². The number of carbonyl (C=O) groups is 1. The van der Waals surface area contributed by atoms with E-state index in [2.05, 4.69) is 11.1 Å². The molecule has 2 aromatic rings. The van der Waals surface area contributed by atoms with E-state index in [-0.39, 0.29) is 16.8 Å². The molecule has 0 spiro atoms. The molecule has 27 heavy (non-hydrogen) atoms. The van der Waals surface area contributed by atoms with Crippen molar-refractivity contribution in [2.45, 2.75) is 39.0 Å². The van der Waals surface area contributed by atoms with Crippen LogP contribution in [0.15, 0.2) is 29.5 Å². The lowest BCUT2D eigenvalue weighted by Crippen LogP contribution is -2.34. The van der Waals surface area contributed by atoms with Crippen LogP contribution in [-0.4, -0.2) is 16.7 Å². The first-order valence-electron chi connectivity index (χ1n) is 8.90. The maximum Gasteiger partial charge on any atom is 0.205 e. The fraction of sp³-hybridized carbons (Fsp3) is 0.333. The van der Waals surface area contributed by atoms with Crippen molar-refractivity contribution >= 4 is 34.2 Å². The molecule has 0 saturated heterocycles. The fourth-order valence-corrected chi connectivity index (χ4v) is 4.39. The molecule has 0 radical (unpaired) electrons. The van der Waals surface area contributed by atoms with Crippen LogP contribution in [0.3, 0.4) is 0 Å². The van der Waals surface area contributed by atoms with Crippen LogP contribution in [0.2, 0.25) is 5.15 Å². The Hall–Kier alpha value is -2.71. The number of allylic oxidation sites excluding steroid dienone is 2. The lowest BCUT2D eigenvalue weighted by molar-refractivity contribution is -0.116. The third-order valence-corrected chi connectivity index (χ3v) is 5.58. The number of nitrogens with one attached hydrogen (secondary N) is 1. The van der Waals surface area contributed by atoms with E-state index in [9.17, 15) is 10.1 Å². The molecule has 0 amide bonds. The molecule has 5 nitrogen and oxygen atoms in total. The maximum atomic E-state index is 12.7. The highest BCUT2D eigenvalue weighted by atomic mass is 35.5. The van der Waals surface area contributed by atoms with Crippen LogP contribution in [0.25, 0.3) is 10.9 Å². The summed E-state index contributed by atoms with van der Waals surface area (Å²) in [5.74, 6) is -1.18. The summed E-state index contributed by atoms with van der Waals surface area (Å²) in [4.78, 5) is 17.2. The van der Waals surface area contributed by atoms with Crippen LogP contribution in [0.1, 0.15) is 41.9 Å². The van der Waals surface area contributed by atoms with Crippen molar-refractivity contribution in [3.05, 3.63) is 51.4 Å². The Morgan fingerprint density at radius 1 is 1.30 bits per heavy atom.